The number of ether oxygens (including phenoxy) is 1. The number of nitrogens with two attached hydrogens (primary N) is 1. The Bertz CT molecular complexity index is 1890. The number of piperidine rings is 2. The van der Waals surface area contributed by atoms with Crippen LogP contribution in [0.4, 0.5) is 16.0 Å². The highest BCUT2D eigenvalue weighted by molar-refractivity contribution is 6.01. The molecule has 2 aliphatic rings. The molecule has 2 fully saturated rings. The summed E-state index contributed by atoms with van der Waals surface area (Å²) in [7, 11) is 0. The van der Waals surface area contributed by atoms with Crippen LogP contribution < -0.4 is 21.1 Å². The third-order valence-corrected chi connectivity index (χ3v) is 8.38. The SMILES string of the molecule is Nc1ncnc2c1c(-c1ccc(Oc3ccccc3)cc1)nn2C1CCN(Cc2cnc(NC3CCC(=O)NC3=O)c(F)c2)CC1. The molecule has 234 valence electrons. The van der Waals surface area contributed by atoms with E-state index in [-0.39, 0.29) is 24.2 Å². The summed E-state index contributed by atoms with van der Waals surface area (Å²) < 4.78 is 22.8. The number of aromatic nitrogens is 5. The molecular formula is C33H32FN9O3. The van der Waals surface area contributed by atoms with Gasteiger partial charge in [-0.1, -0.05) is 18.2 Å². The quantitative estimate of drug-likeness (QED) is 0.212. The van der Waals surface area contributed by atoms with Gasteiger partial charge in [-0.25, -0.2) is 24.0 Å². The Labute approximate surface area is 263 Å². The molecule has 2 saturated heterocycles. The van der Waals surface area contributed by atoms with Gasteiger partial charge in [0.15, 0.2) is 17.3 Å². The Kier molecular flexibility index (Phi) is 7.97. The zero-order valence-electron chi connectivity index (χ0n) is 24.9. The van der Waals surface area contributed by atoms with Crippen molar-refractivity contribution in [1.82, 2.24) is 34.9 Å². The van der Waals surface area contributed by atoms with E-state index in [0.29, 0.717) is 41.3 Å². The number of imide groups is 1. The van der Waals surface area contributed by atoms with Gasteiger partial charge < -0.3 is 15.8 Å². The molecule has 3 aromatic heterocycles. The van der Waals surface area contributed by atoms with Crippen molar-refractivity contribution in [2.75, 3.05) is 24.1 Å². The molecular weight excluding hydrogens is 589 g/mol. The van der Waals surface area contributed by atoms with Gasteiger partial charge in [-0.3, -0.25) is 19.8 Å². The largest absolute Gasteiger partial charge is 0.457 e. The molecule has 1 unspecified atom stereocenters. The van der Waals surface area contributed by atoms with Crippen LogP contribution in [0.15, 0.2) is 73.2 Å². The number of nitrogen functional groups attached to an aromatic ring is 1. The summed E-state index contributed by atoms with van der Waals surface area (Å²) in [6.45, 7) is 2.07. The van der Waals surface area contributed by atoms with Crippen LogP contribution in [0.5, 0.6) is 11.5 Å². The number of nitrogens with one attached hydrogen (secondary N) is 2. The first-order valence-electron chi connectivity index (χ1n) is 15.2. The van der Waals surface area contributed by atoms with Crippen LogP contribution in [0.3, 0.4) is 0 Å². The number of amides is 2. The molecule has 5 heterocycles. The van der Waals surface area contributed by atoms with Gasteiger partial charge >= 0.3 is 0 Å². The highest BCUT2D eigenvalue weighted by atomic mass is 19.1. The molecule has 0 spiro atoms. The number of halogens is 1. The van der Waals surface area contributed by atoms with Crippen molar-refractivity contribution in [2.24, 2.45) is 0 Å². The minimum Gasteiger partial charge on any atom is -0.457 e. The zero-order valence-corrected chi connectivity index (χ0v) is 24.9. The number of rotatable bonds is 8. The number of para-hydroxylation sites is 1. The lowest BCUT2D eigenvalue weighted by molar-refractivity contribution is -0.133. The number of benzene rings is 2. The van der Waals surface area contributed by atoms with Crippen molar-refractivity contribution in [3.8, 4) is 22.8 Å². The van der Waals surface area contributed by atoms with E-state index in [1.165, 1.54) is 12.4 Å². The summed E-state index contributed by atoms with van der Waals surface area (Å²) >= 11 is 0. The molecule has 7 rings (SSSR count). The molecule has 1 atom stereocenters. The lowest BCUT2D eigenvalue weighted by atomic mass is 10.0. The molecule has 2 aromatic carbocycles. The maximum Gasteiger partial charge on any atom is 0.249 e. The number of anilines is 2. The van der Waals surface area contributed by atoms with Gasteiger partial charge in [0.2, 0.25) is 11.8 Å². The second-order valence-electron chi connectivity index (χ2n) is 11.5. The van der Waals surface area contributed by atoms with E-state index >= 15 is 0 Å². The Hall–Kier alpha value is -5.43. The zero-order chi connectivity index (χ0) is 31.6. The molecule has 46 heavy (non-hydrogen) atoms. The van der Waals surface area contributed by atoms with Crippen LogP contribution in [-0.4, -0.2) is 60.6 Å². The average Bonchev–Trinajstić information content (AvgIpc) is 3.46. The van der Waals surface area contributed by atoms with Crippen molar-refractivity contribution in [1.29, 1.82) is 0 Å². The lowest BCUT2D eigenvalue weighted by Crippen LogP contribution is -2.47. The summed E-state index contributed by atoms with van der Waals surface area (Å²) in [6, 6.07) is 18.2. The number of pyridine rings is 1. The normalized spacial score (nSPS) is 17.6. The van der Waals surface area contributed by atoms with Gasteiger partial charge in [0.25, 0.3) is 0 Å². The van der Waals surface area contributed by atoms with Crippen LogP contribution >= 0.6 is 0 Å². The average molecular weight is 622 g/mol. The van der Waals surface area contributed by atoms with Gasteiger partial charge in [-0.05, 0) is 67.3 Å². The molecule has 12 nitrogen and oxygen atoms in total. The molecule has 5 aromatic rings. The number of hydrogen-bond donors (Lipinski definition) is 3. The minimum absolute atomic E-state index is 0.00190. The molecule has 13 heteroatoms. The number of fused-ring (bicyclic) bond motifs is 1. The van der Waals surface area contributed by atoms with Crippen molar-refractivity contribution in [2.45, 2.75) is 44.3 Å². The van der Waals surface area contributed by atoms with Gasteiger partial charge in [0, 0.05) is 37.8 Å². The van der Waals surface area contributed by atoms with Crippen molar-refractivity contribution >= 4 is 34.5 Å². The Morgan fingerprint density at radius 3 is 2.48 bits per heavy atom. The fourth-order valence-electron chi connectivity index (χ4n) is 6.00. The highest BCUT2D eigenvalue weighted by Gasteiger charge is 2.28. The number of carbonyl (C=O) groups is 2. The standard InChI is InChI=1S/C33H32FN9O3/c34-25-16-20(17-36-31(25)39-26-10-11-27(44)40-33(26)45)18-42-14-12-22(13-15-42)43-32-28(30(35)37-19-38-32)29(41-43)21-6-8-24(9-7-21)46-23-4-2-1-3-5-23/h1-9,16-17,19,22,26H,10-15,18H2,(H,36,39)(H2,35,37,38)(H,40,44,45). The Morgan fingerprint density at radius 2 is 1.74 bits per heavy atom. The first kappa shape index (κ1) is 29.3. The van der Waals surface area contributed by atoms with Gasteiger partial charge in [-0.2, -0.15) is 5.10 Å². The lowest BCUT2D eigenvalue weighted by Gasteiger charge is -2.32. The van der Waals surface area contributed by atoms with Crippen LogP contribution in [0, 0.1) is 5.82 Å². The number of nitrogens with zero attached hydrogens (tertiary/aromatic N) is 6. The number of carbonyl (C=O) groups excluding carboxylic acids is 2. The summed E-state index contributed by atoms with van der Waals surface area (Å²) in [4.78, 5) is 38.7. The first-order valence-corrected chi connectivity index (χ1v) is 15.2. The van der Waals surface area contributed by atoms with Crippen LogP contribution in [0.2, 0.25) is 0 Å². The molecule has 0 aliphatic carbocycles. The van der Waals surface area contributed by atoms with E-state index < -0.39 is 17.8 Å². The van der Waals surface area contributed by atoms with Crippen molar-refractivity contribution in [3.05, 3.63) is 84.6 Å². The number of hydrogen-bond acceptors (Lipinski definition) is 10. The topological polar surface area (TPSA) is 153 Å². The van der Waals surface area contributed by atoms with Gasteiger partial charge in [0.05, 0.1) is 11.4 Å². The first-order chi connectivity index (χ1) is 22.4. The highest BCUT2D eigenvalue weighted by Crippen LogP contribution is 2.35. The van der Waals surface area contributed by atoms with Gasteiger partial charge in [0.1, 0.15) is 35.4 Å². The predicted molar refractivity (Wildman–Crippen MR) is 169 cm³/mol. The Morgan fingerprint density at radius 1 is 0.978 bits per heavy atom. The molecule has 4 N–H and O–H groups in total. The summed E-state index contributed by atoms with van der Waals surface area (Å²) in [5, 5.41) is 10.8. The summed E-state index contributed by atoms with van der Waals surface area (Å²) in [6.07, 6.45) is 5.21. The minimum atomic E-state index is -0.697. The smallest absolute Gasteiger partial charge is 0.249 e. The van der Waals surface area contributed by atoms with Gasteiger partial charge in [-0.15, -0.1) is 0 Å². The third kappa shape index (κ3) is 6.09. The second kappa shape index (κ2) is 12.5. The fraction of sp³-hybridized carbons (Fsp3) is 0.273. The van der Waals surface area contributed by atoms with E-state index in [2.05, 4.69) is 30.5 Å². The van der Waals surface area contributed by atoms with Crippen LogP contribution in [0.25, 0.3) is 22.3 Å². The Balaban J connectivity index is 1.02. The van der Waals surface area contributed by atoms with E-state index in [9.17, 15) is 14.0 Å². The van der Waals surface area contributed by atoms with Crippen molar-refractivity contribution in [3.63, 3.8) is 0 Å². The number of likely N-dealkylation sites (tertiary alicyclic amines) is 1. The molecule has 0 bridgehead atoms. The van der Waals surface area contributed by atoms with E-state index in [4.69, 9.17) is 15.6 Å². The predicted octanol–water partition coefficient (Wildman–Crippen LogP) is 4.46. The third-order valence-electron chi connectivity index (χ3n) is 8.38. The fourth-order valence-corrected chi connectivity index (χ4v) is 6.00. The van der Waals surface area contributed by atoms with Crippen molar-refractivity contribution < 1.29 is 18.7 Å². The monoisotopic (exact) mass is 621 g/mol. The van der Waals surface area contributed by atoms with Crippen LogP contribution in [0.1, 0.15) is 37.3 Å². The summed E-state index contributed by atoms with van der Waals surface area (Å²) in [5.41, 5.74) is 9.38. The maximum absolute atomic E-state index is 14.9. The van der Waals surface area contributed by atoms with E-state index in [0.717, 1.165) is 42.8 Å². The maximum atomic E-state index is 14.9. The van der Waals surface area contributed by atoms with E-state index in [1.54, 1.807) is 6.20 Å². The summed E-state index contributed by atoms with van der Waals surface area (Å²) in [5.74, 6) is 0.511. The van der Waals surface area contributed by atoms with E-state index in [1.807, 2.05) is 59.3 Å². The molecule has 0 saturated carbocycles. The molecule has 2 amide bonds. The molecule has 0 radical (unpaired) electrons. The van der Waals surface area contributed by atoms with Crippen LogP contribution in [-0.2, 0) is 16.1 Å². The molecule has 2 aliphatic heterocycles. The second-order valence-corrected chi connectivity index (χ2v) is 11.5.